The van der Waals surface area contributed by atoms with Crippen LogP contribution in [-0.2, 0) is 24.2 Å². The highest BCUT2D eigenvalue weighted by molar-refractivity contribution is 5.69. The predicted octanol–water partition coefficient (Wildman–Crippen LogP) is 3.23. The monoisotopic (exact) mass is 320 g/mol. The number of amides is 1. The van der Waals surface area contributed by atoms with E-state index in [1.807, 2.05) is 31.7 Å². The molecule has 1 heterocycles. The second kappa shape index (κ2) is 6.79. The molecule has 0 spiro atoms. The number of nitrogens with zero attached hydrogens (tertiary/aromatic N) is 1. The summed E-state index contributed by atoms with van der Waals surface area (Å²) in [6, 6.07) is 4.26. The normalized spacial score (nSPS) is 17.7. The summed E-state index contributed by atoms with van der Waals surface area (Å²) in [4.78, 5) is 14.4. The van der Waals surface area contributed by atoms with E-state index in [1.165, 1.54) is 5.56 Å². The Morgan fingerprint density at radius 2 is 2.04 bits per heavy atom. The van der Waals surface area contributed by atoms with Crippen molar-refractivity contribution in [3.63, 3.8) is 0 Å². The van der Waals surface area contributed by atoms with Gasteiger partial charge in [0, 0.05) is 24.7 Å². The number of methoxy groups -OCH3 is 1. The smallest absolute Gasteiger partial charge is 0.410 e. The Bertz CT molecular complexity index is 578. The van der Waals surface area contributed by atoms with E-state index in [1.54, 1.807) is 7.11 Å². The van der Waals surface area contributed by atoms with Crippen LogP contribution in [0, 0.1) is 0 Å². The van der Waals surface area contributed by atoms with Crippen molar-refractivity contribution < 1.29 is 14.3 Å². The maximum Gasteiger partial charge on any atom is 0.410 e. The maximum atomic E-state index is 12.5. The van der Waals surface area contributed by atoms with Gasteiger partial charge in [-0.1, -0.05) is 13.0 Å². The second-order valence-corrected chi connectivity index (χ2v) is 7.01. The Morgan fingerprint density at radius 3 is 2.57 bits per heavy atom. The molecule has 128 valence electrons. The minimum atomic E-state index is -0.489. The van der Waals surface area contributed by atoms with Gasteiger partial charge < -0.3 is 20.1 Å². The molecule has 0 bridgehead atoms. The molecule has 1 atom stereocenters. The van der Waals surface area contributed by atoms with Crippen LogP contribution in [0.5, 0.6) is 5.75 Å². The highest BCUT2D eigenvalue weighted by atomic mass is 16.6. The summed E-state index contributed by atoms with van der Waals surface area (Å²) in [5.74, 6) is 0.783. The molecule has 1 unspecified atom stereocenters. The zero-order valence-corrected chi connectivity index (χ0v) is 14.8. The molecule has 2 rings (SSSR count). The van der Waals surface area contributed by atoms with E-state index in [0.29, 0.717) is 13.1 Å². The maximum absolute atomic E-state index is 12.5. The Kier molecular flexibility index (Phi) is 5.19. The van der Waals surface area contributed by atoms with Crippen molar-refractivity contribution in [1.29, 1.82) is 0 Å². The number of hydrogen-bond acceptors (Lipinski definition) is 4. The Morgan fingerprint density at radius 1 is 1.35 bits per heavy atom. The summed E-state index contributed by atoms with van der Waals surface area (Å²) in [7, 11) is 1.64. The summed E-state index contributed by atoms with van der Waals surface area (Å²) in [6.07, 6.45) is 1.46. The average Bonchev–Trinajstić information content (AvgIpc) is 2.50. The van der Waals surface area contributed by atoms with Crippen molar-refractivity contribution in [2.45, 2.75) is 65.3 Å². The Hall–Kier alpha value is -1.75. The fourth-order valence-electron chi connectivity index (χ4n) is 2.98. The highest BCUT2D eigenvalue weighted by Crippen LogP contribution is 2.31. The molecule has 0 saturated carbocycles. The van der Waals surface area contributed by atoms with Gasteiger partial charge in [-0.2, -0.15) is 0 Å². The molecular formula is C18H28N2O3. The predicted molar refractivity (Wildman–Crippen MR) is 90.4 cm³/mol. The van der Waals surface area contributed by atoms with Gasteiger partial charge in [0.2, 0.25) is 0 Å². The lowest BCUT2D eigenvalue weighted by molar-refractivity contribution is 0.0115. The number of nitrogens with two attached hydrogens (primary N) is 1. The topological polar surface area (TPSA) is 64.8 Å². The molecule has 23 heavy (non-hydrogen) atoms. The van der Waals surface area contributed by atoms with Crippen molar-refractivity contribution in [3.8, 4) is 5.75 Å². The van der Waals surface area contributed by atoms with Crippen LogP contribution >= 0.6 is 0 Å². The number of carbonyl (C=O) groups is 1. The van der Waals surface area contributed by atoms with Crippen molar-refractivity contribution in [2.75, 3.05) is 7.11 Å². The first-order valence-electron chi connectivity index (χ1n) is 8.17. The van der Waals surface area contributed by atoms with Crippen LogP contribution in [-0.4, -0.2) is 29.7 Å². The zero-order chi connectivity index (χ0) is 17.2. The number of carbonyl (C=O) groups excluding carboxylic acids is 1. The van der Waals surface area contributed by atoms with Gasteiger partial charge in [-0.05, 0) is 50.8 Å². The van der Waals surface area contributed by atoms with Gasteiger partial charge in [-0.25, -0.2) is 4.79 Å². The third kappa shape index (κ3) is 3.96. The van der Waals surface area contributed by atoms with E-state index in [4.69, 9.17) is 15.2 Å². The molecule has 1 aromatic carbocycles. The van der Waals surface area contributed by atoms with Gasteiger partial charge in [0.1, 0.15) is 11.4 Å². The van der Waals surface area contributed by atoms with Gasteiger partial charge in [0.05, 0.1) is 7.11 Å². The first-order valence-corrected chi connectivity index (χ1v) is 8.17. The van der Waals surface area contributed by atoms with Gasteiger partial charge in [-0.3, -0.25) is 0 Å². The van der Waals surface area contributed by atoms with Crippen molar-refractivity contribution in [1.82, 2.24) is 4.90 Å². The quantitative estimate of drug-likeness (QED) is 0.928. The molecule has 1 aliphatic heterocycles. The first kappa shape index (κ1) is 17.6. The highest BCUT2D eigenvalue weighted by Gasteiger charge is 2.32. The van der Waals surface area contributed by atoms with Crippen LogP contribution < -0.4 is 10.5 Å². The van der Waals surface area contributed by atoms with Crippen LogP contribution in [0.1, 0.15) is 50.8 Å². The molecule has 0 saturated heterocycles. The Balaban J connectivity index is 2.31. The van der Waals surface area contributed by atoms with Crippen LogP contribution in [0.4, 0.5) is 4.79 Å². The molecule has 1 amide bonds. The van der Waals surface area contributed by atoms with Crippen LogP contribution in [0.2, 0.25) is 0 Å². The summed E-state index contributed by atoms with van der Waals surface area (Å²) in [5.41, 5.74) is 8.68. The van der Waals surface area contributed by atoms with Crippen molar-refractivity contribution in [2.24, 2.45) is 5.73 Å². The lowest BCUT2D eigenvalue weighted by atomic mass is 9.91. The molecule has 0 fully saturated rings. The van der Waals surface area contributed by atoms with E-state index < -0.39 is 5.60 Å². The lowest BCUT2D eigenvalue weighted by Gasteiger charge is -2.37. The molecule has 0 aromatic heterocycles. The van der Waals surface area contributed by atoms with Crippen molar-refractivity contribution in [3.05, 3.63) is 28.8 Å². The SMILES string of the molecule is CCC1Cc2cc(CN)c(OC)cc2CN1C(=O)OC(C)(C)C. The molecule has 2 N–H and O–H groups in total. The average molecular weight is 320 g/mol. The van der Waals surface area contributed by atoms with Crippen molar-refractivity contribution >= 4 is 6.09 Å². The number of fused-ring (bicyclic) bond motifs is 1. The minimum Gasteiger partial charge on any atom is -0.496 e. The van der Waals surface area contributed by atoms with E-state index in [9.17, 15) is 4.79 Å². The first-order chi connectivity index (χ1) is 10.8. The third-order valence-corrected chi connectivity index (χ3v) is 4.16. The number of hydrogen-bond donors (Lipinski definition) is 1. The van der Waals surface area contributed by atoms with E-state index in [-0.39, 0.29) is 12.1 Å². The van der Waals surface area contributed by atoms with E-state index in [0.717, 1.165) is 29.7 Å². The van der Waals surface area contributed by atoms with Crippen LogP contribution in [0.3, 0.4) is 0 Å². The standard InChI is InChI=1S/C18H28N2O3/c1-6-15-8-12-7-13(10-19)16(22-5)9-14(12)11-20(15)17(21)23-18(2,3)4/h7,9,15H,6,8,10-11,19H2,1-5H3. The fraction of sp³-hybridized carbons (Fsp3) is 0.611. The largest absolute Gasteiger partial charge is 0.496 e. The van der Waals surface area contributed by atoms with Crippen LogP contribution in [0.25, 0.3) is 0 Å². The third-order valence-electron chi connectivity index (χ3n) is 4.16. The molecule has 5 heteroatoms. The fourth-order valence-corrected chi connectivity index (χ4v) is 2.98. The summed E-state index contributed by atoms with van der Waals surface area (Å²) < 4.78 is 11.0. The zero-order valence-electron chi connectivity index (χ0n) is 14.8. The Labute approximate surface area is 138 Å². The molecule has 1 aromatic rings. The molecular weight excluding hydrogens is 292 g/mol. The molecule has 5 nitrogen and oxygen atoms in total. The molecule has 0 aliphatic carbocycles. The summed E-state index contributed by atoms with van der Waals surface area (Å²) in [6.45, 7) is 8.76. The van der Waals surface area contributed by atoms with Gasteiger partial charge >= 0.3 is 6.09 Å². The number of rotatable bonds is 3. The van der Waals surface area contributed by atoms with Crippen LogP contribution in [0.15, 0.2) is 12.1 Å². The molecule has 0 radical (unpaired) electrons. The van der Waals surface area contributed by atoms with Gasteiger partial charge in [0.25, 0.3) is 0 Å². The number of ether oxygens (including phenoxy) is 2. The lowest BCUT2D eigenvalue weighted by Crippen LogP contribution is -2.46. The minimum absolute atomic E-state index is 0.149. The van der Waals surface area contributed by atoms with E-state index >= 15 is 0 Å². The van der Waals surface area contributed by atoms with Gasteiger partial charge in [0.15, 0.2) is 0 Å². The number of benzene rings is 1. The van der Waals surface area contributed by atoms with E-state index in [2.05, 4.69) is 13.0 Å². The second-order valence-electron chi connectivity index (χ2n) is 7.01. The molecule has 1 aliphatic rings. The summed E-state index contributed by atoms with van der Waals surface area (Å²) >= 11 is 0. The van der Waals surface area contributed by atoms with Gasteiger partial charge in [-0.15, -0.1) is 0 Å². The summed E-state index contributed by atoms with van der Waals surface area (Å²) in [5, 5.41) is 0.